The third kappa shape index (κ3) is 6.26. The van der Waals surface area contributed by atoms with Gasteiger partial charge in [0.15, 0.2) is 0 Å². The summed E-state index contributed by atoms with van der Waals surface area (Å²) in [5.74, 6) is 0.330. The van der Waals surface area contributed by atoms with Crippen LogP contribution in [0.15, 0.2) is 54.7 Å². The van der Waals surface area contributed by atoms with Gasteiger partial charge in [-0.3, -0.25) is 24.4 Å². The molecule has 8 heteroatoms. The molecule has 194 valence electrons. The van der Waals surface area contributed by atoms with Gasteiger partial charge in [-0.05, 0) is 49.9 Å². The summed E-state index contributed by atoms with van der Waals surface area (Å²) in [5, 5.41) is 3.00. The van der Waals surface area contributed by atoms with Crippen molar-refractivity contribution in [3.05, 3.63) is 65.9 Å². The Bertz CT molecular complexity index is 1250. The van der Waals surface area contributed by atoms with Gasteiger partial charge in [0, 0.05) is 49.5 Å². The maximum absolute atomic E-state index is 13.3. The van der Waals surface area contributed by atoms with Gasteiger partial charge in [0.1, 0.15) is 0 Å². The number of rotatable bonds is 9. The molecule has 1 aliphatic carbocycles. The predicted molar refractivity (Wildman–Crippen MR) is 144 cm³/mol. The van der Waals surface area contributed by atoms with Gasteiger partial charge < -0.3 is 9.64 Å². The van der Waals surface area contributed by atoms with E-state index in [1.165, 1.54) is 5.56 Å². The maximum Gasteiger partial charge on any atom is 0.246 e. The number of nitrogens with zero attached hydrogens (tertiary/aromatic N) is 4. The lowest BCUT2D eigenvalue weighted by Crippen LogP contribution is -2.45. The largest absolute Gasteiger partial charge is 0.379 e. The van der Waals surface area contributed by atoms with Gasteiger partial charge in [0.2, 0.25) is 17.8 Å². The first-order chi connectivity index (χ1) is 18.0. The second-order valence-corrected chi connectivity index (χ2v) is 9.99. The van der Waals surface area contributed by atoms with Crippen LogP contribution >= 0.6 is 0 Å². The molecule has 3 aromatic rings. The molecule has 1 saturated heterocycles. The smallest absolute Gasteiger partial charge is 0.246 e. The van der Waals surface area contributed by atoms with E-state index >= 15 is 0 Å². The van der Waals surface area contributed by atoms with E-state index in [4.69, 9.17) is 9.72 Å². The minimum atomic E-state index is -0.244. The molecule has 1 saturated carbocycles. The van der Waals surface area contributed by atoms with Gasteiger partial charge in [-0.1, -0.05) is 36.4 Å². The van der Waals surface area contributed by atoms with E-state index < -0.39 is 0 Å². The maximum atomic E-state index is 13.3. The summed E-state index contributed by atoms with van der Waals surface area (Å²) in [5.41, 5.74) is 5.02. The number of aryl methyl sites for hydroxylation is 2. The zero-order chi connectivity index (χ0) is 25.8. The zero-order valence-corrected chi connectivity index (χ0v) is 21.7. The fourth-order valence-electron chi connectivity index (χ4n) is 4.57. The predicted octanol–water partition coefficient (Wildman–Crippen LogP) is 3.67. The fraction of sp³-hybridized carbons (Fsp3) is 0.414. The van der Waals surface area contributed by atoms with Crippen molar-refractivity contribution in [2.45, 2.75) is 26.7 Å². The van der Waals surface area contributed by atoms with Crippen LogP contribution < -0.4 is 5.32 Å². The quantitative estimate of drug-likeness (QED) is 0.484. The molecular formula is C29H35N5O3. The fourth-order valence-corrected chi connectivity index (χ4v) is 4.57. The summed E-state index contributed by atoms with van der Waals surface area (Å²) in [6, 6.07) is 16.1. The highest BCUT2D eigenvalue weighted by Crippen LogP contribution is 2.31. The van der Waals surface area contributed by atoms with Gasteiger partial charge in [-0.15, -0.1) is 0 Å². The van der Waals surface area contributed by atoms with E-state index in [0.717, 1.165) is 55.0 Å². The number of benzene rings is 2. The van der Waals surface area contributed by atoms with E-state index in [1.807, 2.05) is 47.2 Å². The van der Waals surface area contributed by atoms with Crippen molar-refractivity contribution in [1.29, 1.82) is 0 Å². The van der Waals surface area contributed by atoms with Crippen LogP contribution in [0.1, 0.15) is 24.0 Å². The van der Waals surface area contributed by atoms with Crippen molar-refractivity contribution >= 4 is 17.8 Å². The minimum Gasteiger partial charge on any atom is -0.379 e. The Morgan fingerprint density at radius 2 is 1.81 bits per heavy atom. The minimum absolute atomic E-state index is 0.0140. The lowest BCUT2D eigenvalue weighted by Gasteiger charge is -2.30. The number of anilines is 1. The second-order valence-electron chi connectivity index (χ2n) is 9.99. The molecule has 0 radical (unpaired) electrons. The number of morpholine rings is 1. The second kappa shape index (κ2) is 11.3. The molecule has 2 fully saturated rings. The summed E-state index contributed by atoms with van der Waals surface area (Å²) < 4.78 is 7.34. The monoisotopic (exact) mass is 501 g/mol. The molecule has 2 heterocycles. The van der Waals surface area contributed by atoms with E-state index in [9.17, 15) is 9.59 Å². The number of hydrogen-bond donors (Lipinski definition) is 1. The number of nitrogens with one attached hydrogen (secondary N) is 1. The van der Waals surface area contributed by atoms with E-state index in [0.29, 0.717) is 25.7 Å². The number of carbonyl (C=O) groups is 2. The molecule has 1 aromatic heterocycles. The van der Waals surface area contributed by atoms with Crippen LogP contribution in [-0.4, -0.2) is 77.1 Å². The van der Waals surface area contributed by atoms with Crippen LogP contribution in [0.4, 0.5) is 5.95 Å². The molecule has 0 spiro atoms. The van der Waals surface area contributed by atoms with Crippen LogP contribution in [0.5, 0.6) is 0 Å². The first-order valence-electron chi connectivity index (χ1n) is 13.1. The topological polar surface area (TPSA) is 79.7 Å². The third-order valence-electron chi connectivity index (χ3n) is 7.16. The molecule has 0 bridgehead atoms. The molecule has 0 unspecified atom stereocenters. The molecular weight excluding hydrogens is 466 g/mol. The van der Waals surface area contributed by atoms with Gasteiger partial charge >= 0.3 is 0 Å². The van der Waals surface area contributed by atoms with E-state index in [-0.39, 0.29) is 24.3 Å². The van der Waals surface area contributed by atoms with Crippen molar-refractivity contribution in [2.75, 3.05) is 51.3 Å². The number of carbonyl (C=O) groups excluding carboxylic acids is 2. The lowest BCUT2D eigenvalue weighted by molar-refractivity contribution is -0.136. The first-order valence-corrected chi connectivity index (χ1v) is 13.1. The van der Waals surface area contributed by atoms with Crippen LogP contribution in [0.25, 0.3) is 16.9 Å². The lowest BCUT2D eigenvalue weighted by atomic mass is 10.1. The third-order valence-corrected chi connectivity index (χ3v) is 7.16. The molecule has 2 aliphatic rings. The average Bonchev–Trinajstić information content (AvgIpc) is 3.69. The van der Waals surface area contributed by atoms with Crippen LogP contribution in [0.2, 0.25) is 0 Å². The first kappa shape index (κ1) is 25.2. The number of ether oxygens (including phenoxy) is 1. The highest BCUT2D eigenvalue weighted by Gasteiger charge is 2.34. The van der Waals surface area contributed by atoms with Crippen molar-refractivity contribution in [3.63, 3.8) is 0 Å². The van der Waals surface area contributed by atoms with Crippen LogP contribution in [0.3, 0.4) is 0 Å². The summed E-state index contributed by atoms with van der Waals surface area (Å²) in [7, 11) is 0. The van der Waals surface area contributed by atoms with Gasteiger partial charge in [0.05, 0.1) is 25.5 Å². The summed E-state index contributed by atoms with van der Waals surface area (Å²) in [6.07, 6.45) is 3.76. The number of amides is 2. The zero-order valence-electron chi connectivity index (χ0n) is 21.7. The summed E-state index contributed by atoms with van der Waals surface area (Å²) >= 11 is 0. The molecule has 8 nitrogen and oxygen atoms in total. The normalized spacial score (nSPS) is 15.9. The molecule has 37 heavy (non-hydrogen) atoms. The van der Waals surface area contributed by atoms with Gasteiger partial charge in [0.25, 0.3) is 0 Å². The molecule has 5 rings (SSSR count). The molecule has 1 aliphatic heterocycles. The Kier molecular flexibility index (Phi) is 7.67. The Labute approximate surface area is 218 Å². The standard InChI is InChI=1S/C29H35N5O3/c1-21-8-11-25(18-22(21)2)34-19-26(23-6-4-3-5-7-23)30-29(34)31-27(35)20-33(28(36)24-9-10-24)13-12-32-14-16-37-17-15-32/h3-8,11,18-19,24H,9-10,12-17,20H2,1-2H3,(H,30,31,35). The Morgan fingerprint density at radius 3 is 2.51 bits per heavy atom. The van der Waals surface area contributed by atoms with Crippen molar-refractivity contribution in [1.82, 2.24) is 19.4 Å². The Morgan fingerprint density at radius 1 is 1.05 bits per heavy atom. The highest BCUT2D eigenvalue weighted by atomic mass is 16.5. The number of hydrogen-bond acceptors (Lipinski definition) is 5. The number of aromatic nitrogens is 2. The number of imidazole rings is 1. The van der Waals surface area contributed by atoms with Gasteiger partial charge in [-0.2, -0.15) is 0 Å². The van der Waals surface area contributed by atoms with Crippen molar-refractivity contribution in [2.24, 2.45) is 5.92 Å². The molecule has 2 aromatic carbocycles. The average molecular weight is 502 g/mol. The van der Waals surface area contributed by atoms with Crippen LogP contribution in [-0.2, 0) is 14.3 Å². The Hall–Kier alpha value is -3.49. The molecule has 2 amide bonds. The van der Waals surface area contributed by atoms with Gasteiger partial charge in [-0.25, -0.2) is 4.98 Å². The molecule has 0 atom stereocenters. The van der Waals surface area contributed by atoms with Crippen LogP contribution in [0, 0.1) is 19.8 Å². The van der Waals surface area contributed by atoms with E-state index in [1.54, 1.807) is 4.90 Å². The SMILES string of the molecule is Cc1ccc(-n2cc(-c3ccccc3)nc2NC(=O)CN(CCN2CCOCC2)C(=O)C2CC2)cc1C. The highest BCUT2D eigenvalue weighted by molar-refractivity contribution is 5.94. The van der Waals surface area contributed by atoms with Crippen molar-refractivity contribution in [3.8, 4) is 16.9 Å². The summed E-state index contributed by atoms with van der Waals surface area (Å²) in [4.78, 5) is 35.0. The molecule has 1 N–H and O–H groups in total. The van der Waals surface area contributed by atoms with Crippen molar-refractivity contribution < 1.29 is 14.3 Å². The van der Waals surface area contributed by atoms with E-state index in [2.05, 4.69) is 36.2 Å². The summed E-state index contributed by atoms with van der Waals surface area (Å²) in [6.45, 7) is 8.56. The Balaban J connectivity index is 1.35.